The van der Waals surface area contributed by atoms with Crippen LogP contribution in [0.2, 0.25) is 0 Å². The Bertz CT molecular complexity index is 474. The summed E-state index contributed by atoms with van der Waals surface area (Å²) in [6.45, 7) is 0.752. The van der Waals surface area contributed by atoms with E-state index in [2.05, 4.69) is 5.43 Å². The molecule has 2 unspecified atom stereocenters. The van der Waals surface area contributed by atoms with Crippen molar-refractivity contribution in [3.05, 3.63) is 35.6 Å². The maximum Gasteiger partial charge on any atom is 0.128 e. The molecular weight excluding hydrogens is 287 g/mol. The van der Waals surface area contributed by atoms with E-state index >= 15 is 0 Å². The van der Waals surface area contributed by atoms with Crippen molar-refractivity contribution in [3.8, 4) is 0 Å². The van der Waals surface area contributed by atoms with Gasteiger partial charge in [-0.2, -0.15) is 11.8 Å². The monoisotopic (exact) mass is 310 g/mol. The van der Waals surface area contributed by atoms with Gasteiger partial charge in [0.2, 0.25) is 0 Å². The number of thioether (sulfide) groups is 1. The van der Waals surface area contributed by atoms with Crippen molar-refractivity contribution in [3.63, 3.8) is 0 Å². The van der Waals surface area contributed by atoms with E-state index < -0.39 is 0 Å². The van der Waals surface area contributed by atoms with Gasteiger partial charge in [0.15, 0.2) is 0 Å². The van der Waals surface area contributed by atoms with Crippen molar-refractivity contribution in [2.24, 2.45) is 11.8 Å². The molecule has 2 saturated heterocycles. The summed E-state index contributed by atoms with van der Waals surface area (Å²) in [6.07, 6.45) is 4.10. The summed E-state index contributed by atoms with van der Waals surface area (Å²) < 4.78 is 20.2. The van der Waals surface area contributed by atoms with Gasteiger partial charge in [-0.3, -0.25) is 11.3 Å². The standard InChI is InChI=1S/C16H23FN2OS/c17-14-4-2-1-3-13(14)15(19-18)12-5-8-20-16(11-12)6-9-21-10-7-16/h1-4,12,15,19H,5-11,18H2. The molecule has 0 aliphatic carbocycles. The van der Waals surface area contributed by atoms with Crippen LogP contribution >= 0.6 is 11.8 Å². The van der Waals surface area contributed by atoms with Crippen LogP contribution in [0.1, 0.15) is 37.3 Å². The molecule has 0 saturated carbocycles. The van der Waals surface area contributed by atoms with Gasteiger partial charge in [0.25, 0.3) is 0 Å². The van der Waals surface area contributed by atoms with E-state index in [4.69, 9.17) is 10.6 Å². The summed E-state index contributed by atoms with van der Waals surface area (Å²) >= 11 is 2.00. The average molecular weight is 310 g/mol. The first kappa shape index (κ1) is 15.3. The quantitative estimate of drug-likeness (QED) is 0.665. The molecule has 2 aliphatic heterocycles. The third-order valence-electron chi connectivity index (χ3n) is 4.83. The number of hydrogen-bond acceptors (Lipinski definition) is 4. The molecule has 0 amide bonds. The smallest absolute Gasteiger partial charge is 0.128 e. The minimum absolute atomic E-state index is 0.00543. The van der Waals surface area contributed by atoms with Crippen LogP contribution in [0.3, 0.4) is 0 Å². The van der Waals surface area contributed by atoms with Crippen molar-refractivity contribution in [2.75, 3.05) is 18.1 Å². The van der Waals surface area contributed by atoms with Crippen molar-refractivity contribution in [1.29, 1.82) is 0 Å². The molecule has 2 heterocycles. The van der Waals surface area contributed by atoms with Crippen LogP contribution in [-0.4, -0.2) is 23.7 Å². The summed E-state index contributed by atoms with van der Waals surface area (Å²) in [4.78, 5) is 0. The molecule has 3 N–H and O–H groups in total. The molecule has 2 fully saturated rings. The first-order valence-electron chi connectivity index (χ1n) is 7.66. The Kier molecular flexibility index (Phi) is 4.84. The van der Waals surface area contributed by atoms with E-state index in [0.29, 0.717) is 11.5 Å². The summed E-state index contributed by atoms with van der Waals surface area (Å²) in [5, 5.41) is 0. The van der Waals surface area contributed by atoms with Gasteiger partial charge in [-0.1, -0.05) is 18.2 Å². The number of ether oxygens (including phenoxy) is 1. The second-order valence-corrected chi connectivity index (χ2v) is 7.29. The van der Waals surface area contributed by atoms with Gasteiger partial charge in [0.1, 0.15) is 5.82 Å². The predicted octanol–water partition coefficient (Wildman–Crippen LogP) is 3.02. The molecule has 21 heavy (non-hydrogen) atoms. The molecule has 2 atom stereocenters. The molecule has 1 spiro atoms. The van der Waals surface area contributed by atoms with Crippen LogP contribution in [-0.2, 0) is 4.74 Å². The van der Waals surface area contributed by atoms with Crippen molar-refractivity contribution in [2.45, 2.75) is 37.3 Å². The summed E-state index contributed by atoms with van der Waals surface area (Å²) in [5.74, 6) is 8.22. The molecule has 2 aliphatic rings. The van der Waals surface area contributed by atoms with Gasteiger partial charge in [-0.15, -0.1) is 0 Å². The highest BCUT2D eigenvalue weighted by Crippen LogP contribution is 2.43. The van der Waals surface area contributed by atoms with E-state index in [1.807, 2.05) is 23.9 Å². The highest BCUT2D eigenvalue weighted by Gasteiger charge is 2.41. The number of benzene rings is 1. The van der Waals surface area contributed by atoms with Crippen LogP contribution < -0.4 is 11.3 Å². The largest absolute Gasteiger partial charge is 0.375 e. The van der Waals surface area contributed by atoms with Crippen LogP contribution in [0.15, 0.2) is 24.3 Å². The average Bonchev–Trinajstić information content (AvgIpc) is 2.51. The fourth-order valence-corrected chi connectivity index (χ4v) is 4.89. The highest BCUT2D eigenvalue weighted by atomic mass is 32.2. The topological polar surface area (TPSA) is 47.3 Å². The molecule has 116 valence electrons. The molecule has 1 aromatic carbocycles. The van der Waals surface area contributed by atoms with Gasteiger partial charge >= 0.3 is 0 Å². The third kappa shape index (κ3) is 3.26. The van der Waals surface area contributed by atoms with E-state index in [9.17, 15) is 4.39 Å². The lowest BCUT2D eigenvalue weighted by Gasteiger charge is -2.45. The Morgan fingerprint density at radius 3 is 2.81 bits per heavy atom. The van der Waals surface area contributed by atoms with E-state index in [1.54, 1.807) is 6.07 Å². The van der Waals surface area contributed by atoms with E-state index in [0.717, 1.165) is 43.8 Å². The van der Waals surface area contributed by atoms with E-state index in [1.165, 1.54) is 6.07 Å². The second-order valence-electron chi connectivity index (χ2n) is 6.06. The summed E-state index contributed by atoms with van der Waals surface area (Å²) in [7, 11) is 0. The highest BCUT2D eigenvalue weighted by molar-refractivity contribution is 7.99. The van der Waals surface area contributed by atoms with Gasteiger partial charge < -0.3 is 4.74 Å². The molecule has 0 aromatic heterocycles. The van der Waals surface area contributed by atoms with Crippen LogP contribution in [0.5, 0.6) is 0 Å². The minimum Gasteiger partial charge on any atom is -0.375 e. The Morgan fingerprint density at radius 1 is 1.33 bits per heavy atom. The number of halogens is 1. The van der Waals surface area contributed by atoms with Gasteiger partial charge in [0, 0.05) is 12.2 Å². The van der Waals surface area contributed by atoms with Gasteiger partial charge in [-0.25, -0.2) is 4.39 Å². The first-order chi connectivity index (χ1) is 10.2. The lowest BCUT2D eigenvalue weighted by molar-refractivity contribution is -0.107. The molecule has 1 aromatic rings. The maximum atomic E-state index is 14.1. The lowest BCUT2D eigenvalue weighted by atomic mass is 9.77. The molecule has 0 bridgehead atoms. The van der Waals surface area contributed by atoms with Crippen molar-refractivity contribution >= 4 is 11.8 Å². The number of nitrogens with one attached hydrogen (secondary N) is 1. The predicted molar refractivity (Wildman–Crippen MR) is 84.4 cm³/mol. The number of nitrogens with two attached hydrogens (primary N) is 1. The summed E-state index contributed by atoms with van der Waals surface area (Å²) in [5.41, 5.74) is 3.52. The normalized spacial score (nSPS) is 26.7. The van der Waals surface area contributed by atoms with Crippen LogP contribution in [0.4, 0.5) is 4.39 Å². The molecule has 0 radical (unpaired) electrons. The SMILES string of the molecule is NNC(c1ccccc1F)C1CCOC2(CCSCC2)C1. The van der Waals surface area contributed by atoms with Crippen molar-refractivity contribution in [1.82, 2.24) is 5.43 Å². The first-order valence-corrected chi connectivity index (χ1v) is 8.82. The number of hydrazine groups is 1. The molecule has 3 rings (SSSR count). The fourth-order valence-electron chi connectivity index (χ4n) is 3.65. The Hall–Kier alpha value is -0.620. The Labute approximate surface area is 129 Å². The lowest BCUT2D eigenvalue weighted by Crippen LogP contribution is -2.46. The maximum absolute atomic E-state index is 14.1. The number of rotatable bonds is 3. The zero-order chi connectivity index (χ0) is 14.7. The van der Waals surface area contributed by atoms with Gasteiger partial charge in [-0.05, 0) is 49.2 Å². The Balaban J connectivity index is 1.79. The second kappa shape index (κ2) is 6.65. The molecular formula is C16H23FN2OS. The van der Waals surface area contributed by atoms with Crippen LogP contribution in [0, 0.1) is 11.7 Å². The van der Waals surface area contributed by atoms with Crippen molar-refractivity contribution < 1.29 is 9.13 Å². The zero-order valence-corrected chi connectivity index (χ0v) is 13.0. The van der Waals surface area contributed by atoms with Crippen LogP contribution in [0.25, 0.3) is 0 Å². The molecule has 3 nitrogen and oxygen atoms in total. The number of hydrogen-bond donors (Lipinski definition) is 2. The van der Waals surface area contributed by atoms with E-state index in [-0.39, 0.29) is 17.5 Å². The summed E-state index contributed by atoms with van der Waals surface area (Å²) in [6, 6.07) is 6.79. The third-order valence-corrected chi connectivity index (χ3v) is 5.81. The molecule has 5 heteroatoms. The Morgan fingerprint density at radius 2 is 2.10 bits per heavy atom. The zero-order valence-electron chi connectivity index (χ0n) is 12.2. The van der Waals surface area contributed by atoms with Gasteiger partial charge in [0.05, 0.1) is 11.6 Å². The minimum atomic E-state index is -0.180. The fraction of sp³-hybridized carbons (Fsp3) is 0.625.